The van der Waals surface area contributed by atoms with Crippen LogP contribution < -0.4 is 5.32 Å². The topological polar surface area (TPSA) is 119 Å². The second-order valence-electron chi connectivity index (χ2n) is 10.1. The summed E-state index contributed by atoms with van der Waals surface area (Å²) in [5, 5.41) is 3.06. The van der Waals surface area contributed by atoms with Crippen LogP contribution in [0.1, 0.15) is 75.6 Å². The minimum absolute atomic E-state index is 0.107. The lowest BCUT2D eigenvalue weighted by Crippen LogP contribution is -2.49. The van der Waals surface area contributed by atoms with Crippen molar-refractivity contribution in [3.05, 3.63) is 45.0 Å². The Labute approximate surface area is 274 Å². The van der Waals surface area contributed by atoms with Gasteiger partial charge in [-0.25, -0.2) is 9.59 Å². The van der Waals surface area contributed by atoms with Gasteiger partial charge in [-0.05, 0) is 107 Å². The van der Waals surface area contributed by atoms with Crippen LogP contribution in [-0.2, 0) is 31.9 Å². The van der Waals surface area contributed by atoms with Crippen molar-refractivity contribution in [2.75, 3.05) is 18.5 Å². The molecule has 2 atom stereocenters. The van der Waals surface area contributed by atoms with E-state index in [9.17, 15) is 24.0 Å². The van der Waals surface area contributed by atoms with Gasteiger partial charge in [0.25, 0.3) is 17.7 Å². The number of fused-ring (bicyclic) bond motifs is 2. The van der Waals surface area contributed by atoms with Crippen LogP contribution in [0, 0.1) is 11.8 Å². The molecule has 0 fully saturated rings. The van der Waals surface area contributed by atoms with Crippen LogP contribution in [0.4, 0.5) is 5.00 Å². The van der Waals surface area contributed by atoms with Crippen molar-refractivity contribution in [1.82, 2.24) is 4.90 Å². The van der Waals surface area contributed by atoms with E-state index >= 15 is 0 Å². The van der Waals surface area contributed by atoms with Gasteiger partial charge in [-0.1, -0.05) is 20.8 Å². The van der Waals surface area contributed by atoms with Crippen LogP contribution in [0.3, 0.4) is 0 Å². The SMILES string of the molecule is CCOC(=O)c1c(NC(=O)COC(=O)C(C(C)C)N2C(=O)c3c(Br)c(Br)c(Br)c(Br)c3C2=O)sc2c1CCC(C)C2. The van der Waals surface area contributed by atoms with E-state index in [0.717, 1.165) is 28.2 Å². The Bertz CT molecular complexity index is 1430. The number of hydrogen-bond acceptors (Lipinski definition) is 8. The van der Waals surface area contributed by atoms with Crippen molar-refractivity contribution >= 4 is 110 Å². The quantitative estimate of drug-likeness (QED) is 0.133. The van der Waals surface area contributed by atoms with Crippen LogP contribution in [-0.4, -0.2) is 53.8 Å². The van der Waals surface area contributed by atoms with Gasteiger partial charge in [0.1, 0.15) is 11.0 Å². The monoisotopic (exact) mass is 838 g/mol. The molecule has 0 radical (unpaired) electrons. The fraction of sp³-hybridized carbons (Fsp3) is 0.444. The first-order valence-electron chi connectivity index (χ1n) is 12.8. The summed E-state index contributed by atoms with van der Waals surface area (Å²) in [6.45, 7) is 6.73. The predicted octanol–water partition coefficient (Wildman–Crippen LogP) is 6.90. The van der Waals surface area contributed by atoms with Gasteiger partial charge in [-0.3, -0.25) is 19.3 Å². The first-order chi connectivity index (χ1) is 19.3. The molecule has 0 saturated carbocycles. The van der Waals surface area contributed by atoms with Gasteiger partial charge in [0.15, 0.2) is 6.61 Å². The highest BCUT2D eigenvalue weighted by atomic mass is 79.9. The minimum Gasteiger partial charge on any atom is -0.462 e. The molecule has 1 N–H and O–H groups in total. The van der Waals surface area contributed by atoms with Gasteiger partial charge in [0.05, 0.1) is 23.3 Å². The Morgan fingerprint density at radius 1 is 1.00 bits per heavy atom. The number of carbonyl (C=O) groups excluding carboxylic acids is 5. The molecule has 3 amide bonds. The molecular weight excluding hydrogens is 816 g/mol. The Morgan fingerprint density at radius 3 is 2.12 bits per heavy atom. The van der Waals surface area contributed by atoms with Crippen molar-refractivity contribution in [1.29, 1.82) is 0 Å². The Balaban J connectivity index is 1.52. The smallest absolute Gasteiger partial charge is 0.341 e. The van der Waals surface area contributed by atoms with Gasteiger partial charge < -0.3 is 14.8 Å². The lowest BCUT2D eigenvalue weighted by atomic mass is 9.88. The summed E-state index contributed by atoms with van der Waals surface area (Å²) in [6, 6.07) is -1.28. The molecule has 0 bridgehead atoms. The van der Waals surface area contributed by atoms with E-state index in [1.54, 1.807) is 20.8 Å². The van der Waals surface area contributed by atoms with Crippen LogP contribution in [0.5, 0.6) is 0 Å². The summed E-state index contributed by atoms with van der Waals surface area (Å²) in [5.41, 5.74) is 1.45. The number of amides is 3. The maximum Gasteiger partial charge on any atom is 0.341 e. The molecule has 2 aromatic rings. The van der Waals surface area contributed by atoms with Gasteiger partial charge in [-0.2, -0.15) is 0 Å². The third kappa shape index (κ3) is 6.09. The number of carbonyl (C=O) groups is 5. The average molecular weight is 842 g/mol. The summed E-state index contributed by atoms with van der Waals surface area (Å²) in [7, 11) is 0. The standard InChI is InChI=1S/C27H26Br4N2O7S/c1-5-39-26(37)15-12-7-6-11(4)8-13(12)41-23(15)32-14(34)9-40-27(38)22(10(2)3)33-24(35)16-17(25(33)36)19(29)21(31)20(30)18(16)28/h10-11,22H,5-9H2,1-4H3,(H,32,34). The van der Waals surface area contributed by atoms with Gasteiger partial charge in [0, 0.05) is 22.8 Å². The zero-order chi connectivity index (χ0) is 30.3. The molecule has 14 heteroatoms. The van der Waals surface area contributed by atoms with Crippen LogP contribution in [0.2, 0.25) is 0 Å². The number of ether oxygens (including phenoxy) is 2. The molecule has 4 rings (SSSR count). The van der Waals surface area contributed by atoms with Gasteiger partial charge in [0.2, 0.25) is 0 Å². The maximum absolute atomic E-state index is 13.4. The number of esters is 2. The third-order valence-corrected chi connectivity index (χ3v) is 12.8. The molecule has 0 saturated heterocycles. The second-order valence-corrected chi connectivity index (χ2v) is 14.4. The van der Waals surface area contributed by atoms with Crippen LogP contribution in [0.15, 0.2) is 17.9 Å². The third-order valence-electron chi connectivity index (χ3n) is 6.87. The largest absolute Gasteiger partial charge is 0.462 e. The van der Waals surface area contributed by atoms with Crippen molar-refractivity contribution in [2.45, 2.75) is 53.0 Å². The Kier molecular flexibility index (Phi) is 10.2. The molecule has 2 unspecified atom stereocenters. The molecule has 1 aromatic carbocycles. The lowest BCUT2D eigenvalue weighted by molar-refractivity contribution is -0.152. The Morgan fingerprint density at radius 2 is 1.59 bits per heavy atom. The number of rotatable bonds is 8. The molecule has 0 spiro atoms. The normalized spacial score (nSPS) is 16.9. The average Bonchev–Trinajstić information content (AvgIpc) is 3.38. The number of nitrogens with one attached hydrogen (secondary N) is 1. The molecule has 1 aliphatic carbocycles. The zero-order valence-corrected chi connectivity index (χ0v) is 29.7. The summed E-state index contributed by atoms with van der Waals surface area (Å²) in [4.78, 5) is 67.7. The molecular formula is C27H26Br4N2O7S. The highest BCUT2D eigenvalue weighted by Crippen LogP contribution is 2.46. The second kappa shape index (κ2) is 12.9. The van der Waals surface area contributed by atoms with E-state index in [0.29, 0.717) is 40.8 Å². The first-order valence-corrected chi connectivity index (χ1v) is 16.8. The zero-order valence-electron chi connectivity index (χ0n) is 22.5. The summed E-state index contributed by atoms with van der Waals surface area (Å²) in [5.74, 6) is -3.45. The molecule has 1 aromatic heterocycles. The van der Waals surface area contributed by atoms with E-state index in [-0.39, 0.29) is 17.7 Å². The molecule has 220 valence electrons. The van der Waals surface area contributed by atoms with E-state index in [2.05, 4.69) is 76.0 Å². The van der Waals surface area contributed by atoms with Crippen LogP contribution in [0.25, 0.3) is 0 Å². The molecule has 2 heterocycles. The minimum atomic E-state index is -1.28. The van der Waals surface area contributed by atoms with Gasteiger partial charge >= 0.3 is 11.9 Å². The van der Waals surface area contributed by atoms with Crippen molar-refractivity contribution in [2.24, 2.45) is 11.8 Å². The first kappa shape index (κ1) is 32.3. The number of thiophene rings is 1. The van der Waals surface area contributed by atoms with E-state index < -0.39 is 48.2 Å². The highest BCUT2D eigenvalue weighted by Gasteiger charge is 2.48. The predicted molar refractivity (Wildman–Crippen MR) is 167 cm³/mol. The number of imide groups is 1. The maximum atomic E-state index is 13.4. The number of benzene rings is 1. The highest BCUT2D eigenvalue weighted by molar-refractivity contribution is 9.15. The van der Waals surface area contributed by atoms with E-state index in [1.165, 1.54) is 11.3 Å². The van der Waals surface area contributed by atoms with Crippen molar-refractivity contribution < 1.29 is 33.4 Å². The molecule has 1 aliphatic heterocycles. The number of halogens is 4. The lowest BCUT2D eigenvalue weighted by Gasteiger charge is -2.27. The number of hydrogen-bond donors (Lipinski definition) is 1. The summed E-state index contributed by atoms with van der Waals surface area (Å²) in [6.07, 6.45) is 2.44. The van der Waals surface area contributed by atoms with Crippen molar-refractivity contribution in [3.8, 4) is 0 Å². The van der Waals surface area contributed by atoms with Crippen molar-refractivity contribution in [3.63, 3.8) is 0 Å². The fourth-order valence-electron chi connectivity index (χ4n) is 4.94. The fourth-order valence-corrected chi connectivity index (χ4v) is 8.81. The summed E-state index contributed by atoms with van der Waals surface area (Å²) >= 11 is 14.8. The molecule has 9 nitrogen and oxygen atoms in total. The molecule has 41 heavy (non-hydrogen) atoms. The van der Waals surface area contributed by atoms with Gasteiger partial charge in [-0.15, -0.1) is 11.3 Å². The number of nitrogens with zero attached hydrogens (tertiary/aromatic N) is 1. The summed E-state index contributed by atoms with van der Waals surface area (Å²) < 4.78 is 12.4. The van der Waals surface area contributed by atoms with E-state index in [1.807, 2.05) is 0 Å². The number of anilines is 1. The Hall–Kier alpha value is -1.61. The molecule has 2 aliphatic rings. The van der Waals surface area contributed by atoms with E-state index in [4.69, 9.17) is 9.47 Å². The van der Waals surface area contributed by atoms with Crippen LogP contribution >= 0.6 is 75.1 Å².